The molecule has 0 bridgehead atoms. The summed E-state index contributed by atoms with van der Waals surface area (Å²) < 4.78 is 5.18. The molecular formula is C9H16O4. The van der Waals surface area contributed by atoms with Crippen LogP contribution >= 0.6 is 0 Å². The molecule has 1 aliphatic heterocycles. The van der Waals surface area contributed by atoms with E-state index in [1.165, 1.54) is 0 Å². The summed E-state index contributed by atoms with van der Waals surface area (Å²) >= 11 is 0. The molecule has 1 heterocycles. The van der Waals surface area contributed by atoms with Crippen LogP contribution < -0.4 is 0 Å². The SMILES string of the molecule is CC1(C)C(O)CC(O)OC1CC=O. The minimum atomic E-state index is -0.951. The Morgan fingerprint density at radius 3 is 2.69 bits per heavy atom. The molecule has 1 rings (SSSR count). The lowest BCUT2D eigenvalue weighted by atomic mass is 9.76. The summed E-state index contributed by atoms with van der Waals surface area (Å²) in [4.78, 5) is 10.3. The van der Waals surface area contributed by atoms with Gasteiger partial charge in [-0.3, -0.25) is 0 Å². The van der Waals surface area contributed by atoms with Gasteiger partial charge >= 0.3 is 0 Å². The molecule has 1 aliphatic rings. The molecule has 1 fully saturated rings. The van der Waals surface area contributed by atoms with Crippen molar-refractivity contribution in [2.45, 2.75) is 45.2 Å². The summed E-state index contributed by atoms with van der Waals surface area (Å²) in [5, 5.41) is 18.9. The molecule has 0 aromatic rings. The third-order valence-corrected chi connectivity index (χ3v) is 2.75. The average molecular weight is 188 g/mol. The van der Waals surface area contributed by atoms with Crippen LogP contribution in [0.5, 0.6) is 0 Å². The van der Waals surface area contributed by atoms with Gasteiger partial charge in [-0.2, -0.15) is 0 Å². The maximum Gasteiger partial charge on any atom is 0.157 e. The number of carbonyl (C=O) groups is 1. The Hall–Kier alpha value is -0.450. The molecule has 4 nitrogen and oxygen atoms in total. The van der Waals surface area contributed by atoms with Gasteiger partial charge in [-0.1, -0.05) is 13.8 Å². The van der Waals surface area contributed by atoms with Gasteiger partial charge in [-0.25, -0.2) is 0 Å². The molecule has 0 spiro atoms. The van der Waals surface area contributed by atoms with Gasteiger partial charge in [0.05, 0.1) is 12.2 Å². The van der Waals surface area contributed by atoms with Crippen LogP contribution in [0.25, 0.3) is 0 Å². The second kappa shape index (κ2) is 3.74. The van der Waals surface area contributed by atoms with E-state index < -0.39 is 23.9 Å². The van der Waals surface area contributed by atoms with Crippen molar-refractivity contribution < 1.29 is 19.7 Å². The first-order chi connectivity index (χ1) is 5.98. The van der Waals surface area contributed by atoms with Crippen LogP contribution in [0.15, 0.2) is 0 Å². The van der Waals surface area contributed by atoms with E-state index in [2.05, 4.69) is 0 Å². The lowest BCUT2D eigenvalue weighted by Gasteiger charge is -2.43. The molecule has 3 unspecified atom stereocenters. The van der Waals surface area contributed by atoms with Crippen LogP contribution in [0.1, 0.15) is 26.7 Å². The summed E-state index contributed by atoms with van der Waals surface area (Å²) in [5.41, 5.74) is -0.472. The third kappa shape index (κ3) is 2.07. The molecule has 0 saturated carbocycles. The Bertz CT molecular complexity index is 190. The lowest BCUT2D eigenvalue weighted by molar-refractivity contribution is -0.238. The molecule has 0 aliphatic carbocycles. The van der Waals surface area contributed by atoms with E-state index in [1.54, 1.807) is 0 Å². The topological polar surface area (TPSA) is 66.8 Å². The number of aliphatic hydroxyl groups excluding tert-OH is 2. The largest absolute Gasteiger partial charge is 0.392 e. The summed E-state index contributed by atoms with van der Waals surface area (Å²) in [6, 6.07) is 0. The minimum Gasteiger partial charge on any atom is -0.392 e. The van der Waals surface area contributed by atoms with E-state index in [0.717, 1.165) is 6.29 Å². The predicted molar refractivity (Wildman–Crippen MR) is 46.0 cm³/mol. The Balaban J connectivity index is 2.72. The number of aliphatic hydroxyl groups is 2. The first-order valence-corrected chi connectivity index (χ1v) is 4.43. The van der Waals surface area contributed by atoms with Crippen molar-refractivity contribution in [3.8, 4) is 0 Å². The number of hydrogen-bond donors (Lipinski definition) is 2. The predicted octanol–water partition coefficient (Wildman–Crippen LogP) is 0.0698. The van der Waals surface area contributed by atoms with E-state index in [4.69, 9.17) is 4.74 Å². The van der Waals surface area contributed by atoms with E-state index in [0.29, 0.717) is 0 Å². The maximum absolute atomic E-state index is 10.3. The molecule has 0 aromatic carbocycles. The summed E-state index contributed by atoms with van der Waals surface area (Å²) in [6.07, 6.45) is -0.807. The van der Waals surface area contributed by atoms with E-state index in [-0.39, 0.29) is 12.8 Å². The fourth-order valence-electron chi connectivity index (χ4n) is 1.58. The highest BCUT2D eigenvalue weighted by molar-refractivity contribution is 5.50. The summed E-state index contributed by atoms with van der Waals surface area (Å²) in [7, 11) is 0. The standard InChI is InChI=1S/C9H16O4/c1-9(2)6(11)5-8(12)13-7(9)3-4-10/h4,6-8,11-12H,3,5H2,1-2H3. The molecule has 0 aromatic heterocycles. The molecule has 3 atom stereocenters. The van der Waals surface area contributed by atoms with Gasteiger partial charge in [0, 0.05) is 18.3 Å². The summed E-state index contributed by atoms with van der Waals surface area (Å²) in [5.74, 6) is 0. The Labute approximate surface area is 77.5 Å². The number of hydrogen-bond acceptors (Lipinski definition) is 4. The maximum atomic E-state index is 10.3. The molecule has 4 heteroatoms. The number of rotatable bonds is 2. The van der Waals surface area contributed by atoms with Crippen LogP contribution in [0, 0.1) is 5.41 Å². The van der Waals surface area contributed by atoms with Crippen molar-refractivity contribution in [2.24, 2.45) is 5.41 Å². The number of carbonyl (C=O) groups excluding carboxylic acids is 1. The minimum absolute atomic E-state index is 0.209. The van der Waals surface area contributed by atoms with Gasteiger partial charge < -0.3 is 19.7 Å². The van der Waals surface area contributed by atoms with E-state index in [9.17, 15) is 15.0 Å². The number of ether oxygens (including phenoxy) is 1. The van der Waals surface area contributed by atoms with Crippen LogP contribution in [0.3, 0.4) is 0 Å². The first kappa shape index (κ1) is 10.6. The summed E-state index contributed by atoms with van der Waals surface area (Å²) in [6.45, 7) is 3.66. The van der Waals surface area contributed by atoms with Crippen LogP contribution in [0.4, 0.5) is 0 Å². The van der Waals surface area contributed by atoms with Crippen molar-refractivity contribution in [1.82, 2.24) is 0 Å². The normalized spacial score (nSPS) is 38.6. The lowest BCUT2D eigenvalue weighted by Crippen LogP contribution is -2.50. The smallest absolute Gasteiger partial charge is 0.157 e. The Kier molecular flexibility index (Phi) is 3.05. The van der Waals surface area contributed by atoms with Crippen LogP contribution in [-0.4, -0.2) is 35.0 Å². The van der Waals surface area contributed by atoms with Crippen LogP contribution in [-0.2, 0) is 9.53 Å². The second-order valence-corrected chi connectivity index (χ2v) is 4.05. The van der Waals surface area contributed by atoms with Crippen molar-refractivity contribution in [3.63, 3.8) is 0 Å². The fourth-order valence-corrected chi connectivity index (χ4v) is 1.58. The molecule has 13 heavy (non-hydrogen) atoms. The molecule has 76 valence electrons. The molecule has 0 amide bonds. The quantitative estimate of drug-likeness (QED) is 0.602. The van der Waals surface area contributed by atoms with Gasteiger partial charge in [-0.05, 0) is 0 Å². The highest BCUT2D eigenvalue weighted by Gasteiger charge is 2.43. The van der Waals surface area contributed by atoms with Gasteiger partial charge in [0.15, 0.2) is 6.29 Å². The van der Waals surface area contributed by atoms with Gasteiger partial charge in [0.25, 0.3) is 0 Å². The Morgan fingerprint density at radius 2 is 2.15 bits per heavy atom. The van der Waals surface area contributed by atoms with Gasteiger partial charge in [0.2, 0.25) is 0 Å². The zero-order valence-corrected chi connectivity index (χ0v) is 7.93. The van der Waals surface area contributed by atoms with Crippen molar-refractivity contribution >= 4 is 6.29 Å². The van der Waals surface area contributed by atoms with Gasteiger partial charge in [0.1, 0.15) is 6.29 Å². The van der Waals surface area contributed by atoms with Crippen molar-refractivity contribution in [3.05, 3.63) is 0 Å². The van der Waals surface area contributed by atoms with E-state index >= 15 is 0 Å². The van der Waals surface area contributed by atoms with E-state index in [1.807, 2.05) is 13.8 Å². The molecule has 0 radical (unpaired) electrons. The Morgan fingerprint density at radius 1 is 1.54 bits per heavy atom. The molecule has 2 N–H and O–H groups in total. The third-order valence-electron chi connectivity index (χ3n) is 2.75. The fraction of sp³-hybridized carbons (Fsp3) is 0.889. The van der Waals surface area contributed by atoms with Crippen LogP contribution in [0.2, 0.25) is 0 Å². The molecular weight excluding hydrogens is 172 g/mol. The molecule has 1 saturated heterocycles. The van der Waals surface area contributed by atoms with Crippen molar-refractivity contribution in [2.75, 3.05) is 0 Å². The highest BCUT2D eigenvalue weighted by Crippen LogP contribution is 2.36. The monoisotopic (exact) mass is 188 g/mol. The highest BCUT2D eigenvalue weighted by atomic mass is 16.6. The average Bonchev–Trinajstić information content (AvgIpc) is 2.01. The first-order valence-electron chi connectivity index (χ1n) is 4.43. The van der Waals surface area contributed by atoms with Crippen molar-refractivity contribution in [1.29, 1.82) is 0 Å². The number of aldehydes is 1. The zero-order valence-electron chi connectivity index (χ0n) is 7.93. The van der Waals surface area contributed by atoms with Gasteiger partial charge in [-0.15, -0.1) is 0 Å². The zero-order chi connectivity index (χ0) is 10.1. The second-order valence-electron chi connectivity index (χ2n) is 4.05.